The van der Waals surface area contributed by atoms with Crippen molar-refractivity contribution in [3.8, 4) is 0 Å². The predicted octanol–water partition coefficient (Wildman–Crippen LogP) is 3.33. The molecular weight excluding hydrogens is 366 g/mol. The monoisotopic (exact) mass is 403 g/mol. The van der Waals surface area contributed by atoms with Gasteiger partial charge in [0.2, 0.25) is 6.10 Å². The first-order valence-electron chi connectivity index (χ1n) is 10.3. The lowest BCUT2D eigenvalue weighted by Gasteiger charge is -2.35. The summed E-state index contributed by atoms with van der Waals surface area (Å²) in [6, 6.07) is 7.75. The summed E-state index contributed by atoms with van der Waals surface area (Å²) >= 11 is 0. The molecule has 162 valence electrons. The molecule has 1 saturated heterocycles. The molecule has 29 heavy (non-hydrogen) atoms. The number of piperazine rings is 1. The molecular formula is C23H37N3O3. The molecule has 6 nitrogen and oxygen atoms in total. The molecule has 0 aromatic heterocycles. The van der Waals surface area contributed by atoms with Crippen LogP contribution in [0.25, 0.3) is 0 Å². The number of hydrogen-bond donors (Lipinski definition) is 0. The zero-order chi connectivity index (χ0) is 22.0. The predicted molar refractivity (Wildman–Crippen MR) is 117 cm³/mol. The second-order valence-corrected chi connectivity index (χ2v) is 9.99. The van der Waals surface area contributed by atoms with Crippen LogP contribution in [0.3, 0.4) is 0 Å². The Balaban J connectivity index is 2.29. The van der Waals surface area contributed by atoms with Crippen LogP contribution >= 0.6 is 0 Å². The van der Waals surface area contributed by atoms with Gasteiger partial charge in [-0.25, -0.2) is 0 Å². The minimum Gasteiger partial charge on any atom is -0.447 e. The van der Waals surface area contributed by atoms with E-state index in [0.717, 1.165) is 18.8 Å². The molecule has 1 heterocycles. The topological polar surface area (TPSA) is 53.1 Å². The van der Waals surface area contributed by atoms with Crippen LogP contribution < -0.4 is 4.90 Å². The molecule has 1 unspecified atom stereocenters. The van der Waals surface area contributed by atoms with E-state index in [2.05, 4.69) is 30.6 Å². The molecule has 0 saturated carbocycles. The van der Waals surface area contributed by atoms with E-state index in [1.54, 1.807) is 25.7 Å². The lowest BCUT2D eigenvalue weighted by Crippen LogP contribution is -2.49. The number of carbonyl (C=O) groups excluding carboxylic acids is 2. The van der Waals surface area contributed by atoms with Crippen molar-refractivity contribution in [1.82, 2.24) is 9.80 Å². The Morgan fingerprint density at radius 3 is 1.93 bits per heavy atom. The average molecular weight is 404 g/mol. The number of esters is 1. The van der Waals surface area contributed by atoms with E-state index in [4.69, 9.17) is 4.74 Å². The Hall–Kier alpha value is -2.08. The van der Waals surface area contributed by atoms with Crippen molar-refractivity contribution in [2.75, 3.05) is 45.2 Å². The van der Waals surface area contributed by atoms with Crippen LogP contribution in [-0.2, 0) is 14.3 Å². The first kappa shape index (κ1) is 23.2. The van der Waals surface area contributed by atoms with Crippen LogP contribution in [0, 0.1) is 5.41 Å². The van der Waals surface area contributed by atoms with Crippen molar-refractivity contribution in [2.45, 2.75) is 53.2 Å². The fraction of sp³-hybridized carbons (Fsp3) is 0.652. The highest BCUT2D eigenvalue weighted by Crippen LogP contribution is 2.29. The van der Waals surface area contributed by atoms with Crippen LogP contribution in [0.5, 0.6) is 0 Å². The molecule has 1 atom stereocenters. The molecule has 1 aliphatic rings. The summed E-state index contributed by atoms with van der Waals surface area (Å²) in [6.45, 7) is 14.8. The highest BCUT2D eigenvalue weighted by Gasteiger charge is 2.34. The standard InChI is InChI=1S/C23H37N3O3/c1-22(2,3)21(28)29-19(20(27)26-15-13-24(7)14-16-26)17-9-11-18(12-10-17)25(8)23(4,5)6/h9-12,19H,13-16H2,1-8H3. The molecule has 1 aromatic carbocycles. The lowest BCUT2D eigenvalue weighted by atomic mass is 9.97. The van der Waals surface area contributed by atoms with Crippen LogP contribution in [-0.4, -0.2) is 67.5 Å². The first-order valence-corrected chi connectivity index (χ1v) is 10.3. The molecule has 0 aliphatic carbocycles. The number of ether oxygens (including phenoxy) is 1. The number of carbonyl (C=O) groups is 2. The highest BCUT2D eigenvalue weighted by molar-refractivity contribution is 5.86. The summed E-state index contributed by atoms with van der Waals surface area (Å²) in [6.07, 6.45) is -0.917. The van der Waals surface area contributed by atoms with E-state index in [0.29, 0.717) is 18.7 Å². The Morgan fingerprint density at radius 2 is 1.48 bits per heavy atom. The number of rotatable bonds is 4. The zero-order valence-corrected chi connectivity index (χ0v) is 19.3. The largest absolute Gasteiger partial charge is 0.447 e. The van der Waals surface area contributed by atoms with E-state index in [1.807, 2.05) is 38.4 Å². The van der Waals surface area contributed by atoms with Gasteiger partial charge in [-0.05, 0) is 60.7 Å². The number of nitrogens with zero attached hydrogens (tertiary/aromatic N) is 3. The van der Waals surface area contributed by atoms with Crippen molar-refractivity contribution in [1.29, 1.82) is 0 Å². The number of anilines is 1. The van der Waals surface area contributed by atoms with Gasteiger partial charge >= 0.3 is 5.97 Å². The van der Waals surface area contributed by atoms with E-state index in [9.17, 15) is 9.59 Å². The van der Waals surface area contributed by atoms with Crippen LogP contribution in [0.4, 0.5) is 5.69 Å². The minimum absolute atomic E-state index is 0.0186. The van der Waals surface area contributed by atoms with Crippen LogP contribution in [0.15, 0.2) is 24.3 Å². The summed E-state index contributed by atoms with van der Waals surface area (Å²) in [4.78, 5) is 32.0. The second kappa shape index (κ2) is 8.74. The Labute approximate surface area is 175 Å². The lowest BCUT2D eigenvalue weighted by molar-refractivity contribution is -0.168. The maximum atomic E-state index is 13.3. The summed E-state index contributed by atoms with van der Waals surface area (Å²) in [7, 11) is 4.09. The normalized spacial score (nSPS) is 17.0. The van der Waals surface area contributed by atoms with Crippen molar-refractivity contribution in [2.24, 2.45) is 5.41 Å². The van der Waals surface area contributed by atoms with Gasteiger partial charge in [0.05, 0.1) is 5.41 Å². The van der Waals surface area contributed by atoms with E-state index >= 15 is 0 Å². The summed E-state index contributed by atoms with van der Waals surface area (Å²) in [5.41, 5.74) is 1.06. The highest BCUT2D eigenvalue weighted by atomic mass is 16.5. The van der Waals surface area contributed by atoms with Gasteiger partial charge in [0.25, 0.3) is 5.91 Å². The van der Waals surface area contributed by atoms with Gasteiger partial charge < -0.3 is 19.4 Å². The summed E-state index contributed by atoms with van der Waals surface area (Å²) < 4.78 is 5.75. The maximum absolute atomic E-state index is 13.3. The zero-order valence-electron chi connectivity index (χ0n) is 19.3. The summed E-state index contributed by atoms with van der Waals surface area (Å²) in [5.74, 6) is -0.520. The van der Waals surface area contributed by atoms with Gasteiger partial charge in [0.1, 0.15) is 0 Å². The van der Waals surface area contributed by atoms with Gasteiger partial charge in [0.15, 0.2) is 0 Å². The van der Waals surface area contributed by atoms with Crippen molar-refractivity contribution in [3.05, 3.63) is 29.8 Å². The Bertz CT molecular complexity index is 708. The Morgan fingerprint density at radius 1 is 0.966 bits per heavy atom. The number of amides is 1. The molecule has 0 radical (unpaired) electrons. The number of likely N-dealkylation sites (N-methyl/N-ethyl adjacent to an activating group) is 1. The SMILES string of the molecule is CN1CCN(C(=O)C(OC(=O)C(C)(C)C)c2ccc(N(C)C(C)(C)C)cc2)CC1. The first-order chi connectivity index (χ1) is 13.3. The number of benzene rings is 1. The summed E-state index contributed by atoms with van der Waals surface area (Å²) in [5, 5.41) is 0. The van der Waals surface area contributed by atoms with E-state index < -0.39 is 11.5 Å². The van der Waals surface area contributed by atoms with Gasteiger partial charge in [-0.1, -0.05) is 12.1 Å². The Kier molecular flexibility index (Phi) is 6.99. The third-order valence-corrected chi connectivity index (χ3v) is 5.47. The van der Waals surface area contributed by atoms with Gasteiger partial charge in [-0.15, -0.1) is 0 Å². The van der Waals surface area contributed by atoms with Gasteiger partial charge in [-0.2, -0.15) is 0 Å². The minimum atomic E-state index is -0.917. The van der Waals surface area contributed by atoms with Crippen molar-refractivity contribution < 1.29 is 14.3 Å². The van der Waals surface area contributed by atoms with Crippen LogP contribution in [0.1, 0.15) is 53.2 Å². The van der Waals surface area contributed by atoms with Gasteiger partial charge in [0, 0.05) is 50.0 Å². The van der Waals surface area contributed by atoms with E-state index in [-0.39, 0.29) is 17.4 Å². The quantitative estimate of drug-likeness (QED) is 0.722. The van der Waals surface area contributed by atoms with E-state index in [1.165, 1.54) is 0 Å². The maximum Gasteiger partial charge on any atom is 0.312 e. The molecule has 1 amide bonds. The molecule has 2 rings (SSSR count). The third kappa shape index (κ3) is 5.95. The molecule has 1 fully saturated rings. The van der Waals surface area contributed by atoms with Crippen molar-refractivity contribution >= 4 is 17.6 Å². The number of hydrogen-bond acceptors (Lipinski definition) is 5. The molecule has 0 N–H and O–H groups in total. The molecule has 6 heteroatoms. The molecule has 0 spiro atoms. The molecule has 1 aliphatic heterocycles. The van der Waals surface area contributed by atoms with Gasteiger partial charge in [-0.3, -0.25) is 9.59 Å². The fourth-order valence-electron chi connectivity index (χ4n) is 3.00. The smallest absolute Gasteiger partial charge is 0.312 e. The molecule has 1 aromatic rings. The second-order valence-electron chi connectivity index (χ2n) is 9.99. The fourth-order valence-corrected chi connectivity index (χ4v) is 3.00. The van der Waals surface area contributed by atoms with Crippen LogP contribution in [0.2, 0.25) is 0 Å². The average Bonchev–Trinajstić information content (AvgIpc) is 2.64. The molecule has 0 bridgehead atoms. The van der Waals surface area contributed by atoms with Crippen molar-refractivity contribution in [3.63, 3.8) is 0 Å². The third-order valence-electron chi connectivity index (χ3n) is 5.47.